The van der Waals surface area contributed by atoms with Gasteiger partial charge < -0.3 is 20.9 Å². The van der Waals surface area contributed by atoms with Gasteiger partial charge in [-0.25, -0.2) is 4.98 Å². The third-order valence-corrected chi connectivity index (χ3v) is 6.88. The summed E-state index contributed by atoms with van der Waals surface area (Å²) in [7, 11) is 0. The predicted octanol–water partition coefficient (Wildman–Crippen LogP) is 3.96. The molecule has 3 aliphatic carbocycles. The van der Waals surface area contributed by atoms with E-state index >= 15 is 0 Å². The highest BCUT2D eigenvalue weighted by Crippen LogP contribution is 2.40. The Morgan fingerprint density at radius 1 is 1.20 bits per heavy atom. The Kier molecular flexibility index (Phi) is 6.72. The van der Waals surface area contributed by atoms with Gasteiger partial charge >= 0.3 is 0 Å². The van der Waals surface area contributed by atoms with Crippen molar-refractivity contribution in [1.29, 1.82) is 0 Å². The van der Waals surface area contributed by atoms with Crippen LogP contribution in [-0.2, 0) is 17.6 Å². The molecule has 162 valence electrons. The van der Waals surface area contributed by atoms with Gasteiger partial charge in [0, 0.05) is 36.3 Å². The summed E-state index contributed by atoms with van der Waals surface area (Å²) in [6.45, 7) is 3.72. The van der Waals surface area contributed by atoms with Crippen molar-refractivity contribution in [2.45, 2.75) is 58.3 Å². The number of aromatic nitrogens is 2. The van der Waals surface area contributed by atoms with Crippen molar-refractivity contribution in [3.05, 3.63) is 28.4 Å². The standard InChI is InChI=1S/C17H22N2O2S.C5H9N3/c20-15(11-7-8-11)19-17-14(16(21)18-9-10-5-6-10)12-3-1-2-4-13(12)22-17;1-2-6-5-7-3-4-8-5/h10-11H,1-9H2,(H,18,21)(H,19,20);3-4H,2H2,1H3,(H2,6,7,8). The van der Waals surface area contributed by atoms with Gasteiger partial charge in [0.05, 0.1) is 5.56 Å². The van der Waals surface area contributed by atoms with Crippen molar-refractivity contribution < 1.29 is 9.59 Å². The zero-order chi connectivity index (χ0) is 20.9. The number of H-pyrrole nitrogens is 1. The summed E-state index contributed by atoms with van der Waals surface area (Å²) in [6.07, 6.45) is 12.3. The topological polar surface area (TPSA) is 98.9 Å². The number of nitrogens with zero attached hydrogens (tertiary/aromatic N) is 1. The van der Waals surface area contributed by atoms with Crippen LogP contribution in [-0.4, -0.2) is 34.9 Å². The van der Waals surface area contributed by atoms with Crippen molar-refractivity contribution in [3.63, 3.8) is 0 Å². The summed E-state index contributed by atoms with van der Waals surface area (Å²) < 4.78 is 0. The number of imidazole rings is 1. The molecule has 0 atom stereocenters. The molecule has 0 spiro atoms. The average Bonchev–Trinajstić information content (AvgIpc) is 3.67. The van der Waals surface area contributed by atoms with Crippen LogP contribution in [0.1, 0.15) is 66.2 Å². The lowest BCUT2D eigenvalue weighted by Gasteiger charge is -2.13. The minimum absolute atomic E-state index is 0.0115. The summed E-state index contributed by atoms with van der Waals surface area (Å²) >= 11 is 1.62. The van der Waals surface area contributed by atoms with E-state index in [0.29, 0.717) is 5.92 Å². The van der Waals surface area contributed by atoms with Crippen molar-refractivity contribution in [2.75, 3.05) is 23.7 Å². The van der Waals surface area contributed by atoms with Crippen LogP contribution in [0, 0.1) is 11.8 Å². The summed E-state index contributed by atoms with van der Waals surface area (Å²) in [5, 5.41) is 9.91. The summed E-state index contributed by atoms with van der Waals surface area (Å²) in [6, 6.07) is 0. The Balaban J connectivity index is 0.000000230. The fourth-order valence-electron chi connectivity index (χ4n) is 3.63. The van der Waals surface area contributed by atoms with Gasteiger partial charge in [-0.15, -0.1) is 11.3 Å². The quantitative estimate of drug-likeness (QED) is 0.535. The van der Waals surface area contributed by atoms with Gasteiger partial charge in [-0.05, 0) is 69.8 Å². The fourth-order valence-corrected chi connectivity index (χ4v) is 4.92. The first-order chi connectivity index (χ1) is 14.7. The zero-order valence-electron chi connectivity index (χ0n) is 17.6. The molecule has 0 radical (unpaired) electrons. The predicted molar refractivity (Wildman–Crippen MR) is 120 cm³/mol. The van der Waals surface area contributed by atoms with Crippen molar-refractivity contribution in [1.82, 2.24) is 15.3 Å². The molecule has 2 aromatic rings. The third-order valence-electron chi connectivity index (χ3n) is 5.67. The molecule has 5 rings (SSSR count). The van der Waals surface area contributed by atoms with Crippen molar-refractivity contribution in [2.24, 2.45) is 11.8 Å². The fraction of sp³-hybridized carbons (Fsp3) is 0.591. The molecule has 2 amide bonds. The van der Waals surface area contributed by atoms with Crippen LogP contribution in [0.5, 0.6) is 0 Å². The van der Waals surface area contributed by atoms with Crippen LogP contribution in [0.4, 0.5) is 10.9 Å². The SMILES string of the molecule is CCNc1ncc[nH]1.O=C(NCC1CC1)c1c(NC(=O)C2CC2)sc2c1CCCC2. The van der Waals surface area contributed by atoms with Gasteiger partial charge in [0.1, 0.15) is 5.00 Å². The normalized spacial score (nSPS) is 17.4. The number of carbonyl (C=O) groups is 2. The van der Waals surface area contributed by atoms with E-state index < -0.39 is 0 Å². The van der Waals surface area contributed by atoms with E-state index in [1.165, 1.54) is 29.7 Å². The highest BCUT2D eigenvalue weighted by molar-refractivity contribution is 7.17. The summed E-state index contributed by atoms with van der Waals surface area (Å²) in [5.41, 5.74) is 1.95. The van der Waals surface area contributed by atoms with E-state index in [2.05, 4.69) is 25.9 Å². The first-order valence-electron chi connectivity index (χ1n) is 11.1. The molecule has 4 N–H and O–H groups in total. The molecule has 2 heterocycles. The molecule has 3 aliphatic rings. The van der Waals surface area contributed by atoms with E-state index in [0.717, 1.165) is 61.7 Å². The molecule has 0 unspecified atom stereocenters. The lowest BCUT2D eigenvalue weighted by Crippen LogP contribution is -2.27. The second-order valence-corrected chi connectivity index (χ2v) is 9.41. The number of rotatable bonds is 7. The number of aromatic amines is 1. The molecule has 2 fully saturated rings. The lowest BCUT2D eigenvalue weighted by atomic mass is 9.95. The maximum absolute atomic E-state index is 12.6. The van der Waals surface area contributed by atoms with Crippen LogP contribution in [0.25, 0.3) is 0 Å². The molecule has 8 heteroatoms. The van der Waals surface area contributed by atoms with Crippen LogP contribution >= 0.6 is 11.3 Å². The summed E-state index contributed by atoms with van der Waals surface area (Å²) in [4.78, 5) is 32.9. The van der Waals surface area contributed by atoms with E-state index in [1.54, 1.807) is 23.7 Å². The van der Waals surface area contributed by atoms with Gasteiger partial charge in [-0.1, -0.05) is 0 Å². The number of nitrogens with one attached hydrogen (secondary N) is 4. The van der Waals surface area contributed by atoms with Gasteiger partial charge in [0.2, 0.25) is 5.91 Å². The maximum atomic E-state index is 12.6. The van der Waals surface area contributed by atoms with E-state index in [1.807, 2.05) is 6.92 Å². The van der Waals surface area contributed by atoms with E-state index in [4.69, 9.17) is 0 Å². The minimum atomic E-state index is 0.0115. The number of aryl methyl sites for hydroxylation is 1. The molecule has 0 aliphatic heterocycles. The minimum Gasteiger partial charge on any atom is -0.356 e. The number of carbonyl (C=O) groups excluding carboxylic acids is 2. The zero-order valence-corrected chi connectivity index (χ0v) is 18.4. The number of anilines is 2. The summed E-state index contributed by atoms with van der Waals surface area (Å²) in [5.74, 6) is 1.78. The Morgan fingerprint density at radius 3 is 2.67 bits per heavy atom. The van der Waals surface area contributed by atoms with Gasteiger partial charge in [-0.2, -0.15) is 0 Å². The van der Waals surface area contributed by atoms with Crippen LogP contribution in [0.3, 0.4) is 0 Å². The van der Waals surface area contributed by atoms with Crippen molar-refractivity contribution in [3.8, 4) is 0 Å². The maximum Gasteiger partial charge on any atom is 0.254 e. The van der Waals surface area contributed by atoms with Crippen LogP contribution in [0.2, 0.25) is 0 Å². The molecule has 2 saturated carbocycles. The van der Waals surface area contributed by atoms with E-state index in [-0.39, 0.29) is 17.7 Å². The Morgan fingerprint density at radius 2 is 2.00 bits per heavy atom. The van der Waals surface area contributed by atoms with Gasteiger partial charge in [-0.3, -0.25) is 9.59 Å². The largest absolute Gasteiger partial charge is 0.356 e. The highest BCUT2D eigenvalue weighted by atomic mass is 32.1. The molecule has 0 bridgehead atoms. The third kappa shape index (κ3) is 5.41. The van der Waals surface area contributed by atoms with Crippen LogP contribution < -0.4 is 16.0 Å². The second-order valence-electron chi connectivity index (χ2n) is 8.30. The number of fused-ring (bicyclic) bond motifs is 1. The average molecular weight is 430 g/mol. The van der Waals surface area contributed by atoms with Gasteiger partial charge in [0.15, 0.2) is 5.95 Å². The Hall–Kier alpha value is -2.35. The molecule has 2 aromatic heterocycles. The highest BCUT2D eigenvalue weighted by Gasteiger charge is 2.33. The lowest BCUT2D eigenvalue weighted by molar-refractivity contribution is -0.117. The van der Waals surface area contributed by atoms with Gasteiger partial charge in [0.25, 0.3) is 5.91 Å². The van der Waals surface area contributed by atoms with Crippen molar-refractivity contribution >= 4 is 34.1 Å². The van der Waals surface area contributed by atoms with Crippen LogP contribution in [0.15, 0.2) is 12.4 Å². The smallest absolute Gasteiger partial charge is 0.254 e. The first kappa shape index (κ1) is 20.9. The Bertz CT molecular complexity index is 868. The molecular formula is C22H31N5O2S. The molecule has 7 nitrogen and oxygen atoms in total. The number of thiophene rings is 1. The molecular weight excluding hydrogens is 398 g/mol. The molecule has 0 saturated heterocycles. The molecule has 30 heavy (non-hydrogen) atoms. The number of hydrogen-bond acceptors (Lipinski definition) is 5. The second kappa shape index (κ2) is 9.64. The van der Waals surface area contributed by atoms with E-state index in [9.17, 15) is 9.59 Å². The molecule has 0 aromatic carbocycles. The Labute approximate surface area is 181 Å². The monoisotopic (exact) mass is 429 g/mol. The number of amides is 2. The number of hydrogen-bond donors (Lipinski definition) is 4. The first-order valence-corrected chi connectivity index (χ1v) is 11.9.